The van der Waals surface area contributed by atoms with Crippen LogP contribution in [0.2, 0.25) is 0 Å². The van der Waals surface area contributed by atoms with Crippen molar-refractivity contribution in [1.82, 2.24) is 5.43 Å². The Morgan fingerprint density at radius 1 is 1.05 bits per heavy atom. The van der Waals surface area contributed by atoms with Crippen LogP contribution in [0.15, 0.2) is 76.7 Å². The standard InChI is InChI=1S/C29H27F3N4O4S/c1-2-14-36-24-13-12-22(41-15-4-5-18-8-10-19(11-9-18)27(38)39)17-23(24)25(26(36)37)34-35-28(40)33-21-7-3-6-20(16-21)29(30,31)32/h3,6-13,16-17H,2,4-5,14-15H2,1H3,(H,38,39)(H2,33,35,40)/b34-25+. The zero-order valence-electron chi connectivity index (χ0n) is 22.0. The van der Waals surface area contributed by atoms with Crippen molar-refractivity contribution in [2.75, 3.05) is 22.5 Å². The number of hydrogen-bond donors (Lipinski definition) is 3. The monoisotopic (exact) mass is 584 g/mol. The molecule has 214 valence electrons. The van der Waals surface area contributed by atoms with Crippen molar-refractivity contribution in [3.63, 3.8) is 0 Å². The average Bonchev–Trinajstić information content (AvgIpc) is 3.19. The van der Waals surface area contributed by atoms with E-state index in [-0.39, 0.29) is 22.9 Å². The predicted molar refractivity (Wildman–Crippen MR) is 152 cm³/mol. The molecular weight excluding hydrogens is 557 g/mol. The van der Waals surface area contributed by atoms with Gasteiger partial charge < -0.3 is 15.3 Å². The summed E-state index contributed by atoms with van der Waals surface area (Å²) in [7, 11) is 0. The van der Waals surface area contributed by atoms with E-state index in [2.05, 4.69) is 15.8 Å². The van der Waals surface area contributed by atoms with Gasteiger partial charge in [0.15, 0.2) is 5.71 Å². The fraction of sp³-hybridized carbons (Fsp3) is 0.241. The maximum atomic E-state index is 13.1. The second-order valence-electron chi connectivity index (χ2n) is 9.19. The van der Waals surface area contributed by atoms with Crippen LogP contribution < -0.4 is 15.6 Å². The van der Waals surface area contributed by atoms with E-state index in [0.717, 1.165) is 41.2 Å². The molecule has 0 radical (unpaired) electrons. The number of thioether (sulfide) groups is 1. The first-order valence-electron chi connectivity index (χ1n) is 12.8. The number of hydrazone groups is 1. The number of aryl methyl sites for hydroxylation is 1. The second-order valence-corrected chi connectivity index (χ2v) is 10.4. The molecule has 3 N–H and O–H groups in total. The lowest BCUT2D eigenvalue weighted by Gasteiger charge is -2.15. The molecule has 3 aromatic carbocycles. The van der Waals surface area contributed by atoms with Gasteiger partial charge in [0, 0.05) is 22.7 Å². The fourth-order valence-electron chi connectivity index (χ4n) is 4.26. The minimum absolute atomic E-state index is 0.0358. The molecule has 0 aromatic heterocycles. The Morgan fingerprint density at radius 3 is 2.49 bits per heavy atom. The van der Waals surface area contributed by atoms with Crippen molar-refractivity contribution in [2.24, 2.45) is 5.10 Å². The van der Waals surface area contributed by atoms with Gasteiger partial charge in [-0.25, -0.2) is 15.0 Å². The van der Waals surface area contributed by atoms with E-state index in [1.165, 1.54) is 12.1 Å². The topological polar surface area (TPSA) is 111 Å². The number of carbonyl (C=O) groups excluding carboxylic acids is 2. The van der Waals surface area contributed by atoms with Gasteiger partial charge >= 0.3 is 18.2 Å². The van der Waals surface area contributed by atoms with Crippen LogP contribution in [0.4, 0.5) is 29.3 Å². The highest BCUT2D eigenvalue weighted by Crippen LogP contribution is 2.34. The van der Waals surface area contributed by atoms with Crippen molar-refractivity contribution < 1.29 is 32.7 Å². The predicted octanol–water partition coefficient (Wildman–Crippen LogP) is 6.41. The Kier molecular flexibility index (Phi) is 9.33. The molecule has 0 bridgehead atoms. The van der Waals surface area contributed by atoms with E-state index in [1.807, 2.05) is 25.1 Å². The Balaban J connectivity index is 1.42. The Labute approximate surface area is 238 Å². The molecule has 4 rings (SSSR count). The summed E-state index contributed by atoms with van der Waals surface area (Å²) in [5, 5.41) is 15.4. The zero-order chi connectivity index (χ0) is 29.6. The highest BCUT2D eigenvalue weighted by molar-refractivity contribution is 7.99. The van der Waals surface area contributed by atoms with Crippen LogP contribution in [0, 0.1) is 0 Å². The largest absolute Gasteiger partial charge is 0.478 e. The number of nitrogens with one attached hydrogen (secondary N) is 2. The van der Waals surface area contributed by atoms with Crippen LogP contribution in [0.3, 0.4) is 0 Å². The molecule has 0 aliphatic carbocycles. The number of rotatable bonds is 10. The van der Waals surface area contributed by atoms with Crippen LogP contribution in [0.25, 0.3) is 0 Å². The summed E-state index contributed by atoms with van der Waals surface area (Å²) in [6, 6.07) is 15.7. The van der Waals surface area contributed by atoms with Crippen molar-refractivity contribution >= 4 is 46.8 Å². The lowest BCUT2D eigenvalue weighted by atomic mass is 10.1. The number of aromatic carboxylic acids is 1. The fourth-order valence-corrected chi connectivity index (χ4v) is 5.15. The number of carboxylic acids is 1. The molecule has 3 aromatic rings. The minimum Gasteiger partial charge on any atom is -0.478 e. The van der Waals surface area contributed by atoms with E-state index < -0.39 is 23.7 Å². The van der Waals surface area contributed by atoms with Crippen LogP contribution in [0.5, 0.6) is 0 Å². The van der Waals surface area contributed by atoms with Gasteiger partial charge in [0.25, 0.3) is 5.91 Å². The van der Waals surface area contributed by atoms with Gasteiger partial charge in [-0.1, -0.05) is 25.1 Å². The molecule has 0 fully saturated rings. The third-order valence-electron chi connectivity index (χ3n) is 6.21. The number of amides is 3. The summed E-state index contributed by atoms with van der Waals surface area (Å²) >= 11 is 1.59. The van der Waals surface area contributed by atoms with Crippen LogP contribution >= 0.6 is 11.8 Å². The molecule has 1 aliphatic rings. The summed E-state index contributed by atoms with van der Waals surface area (Å²) in [6.07, 6.45) is -2.24. The molecule has 0 saturated carbocycles. The summed E-state index contributed by atoms with van der Waals surface area (Å²) in [5.74, 6) is -0.571. The molecule has 1 heterocycles. The van der Waals surface area contributed by atoms with E-state index >= 15 is 0 Å². The maximum Gasteiger partial charge on any atom is 0.416 e. The Morgan fingerprint density at radius 2 is 1.80 bits per heavy atom. The molecule has 3 amide bonds. The highest BCUT2D eigenvalue weighted by atomic mass is 32.2. The summed E-state index contributed by atoms with van der Waals surface area (Å²) in [4.78, 5) is 39.0. The first-order valence-corrected chi connectivity index (χ1v) is 13.8. The quantitative estimate of drug-likeness (QED) is 0.145. The molecule has 0 saturated heterocycles. The highest BCUT2D eigenvalue weighted by Gasteiger charge is 2.34. The number of carboxylic acid groups (broad SMARTS) is 1. The van der Waals surface area contributed by atoms with Crippen LogP contribution in [0.1, 0.15) is 46.8 Å². The van der Waals surface area contributed by atoms with E-state index in [9.17, 15) is 27.6 Å². The third-order valence-corrected chi connectivity index (χ3v) is 7.29. The number of halogens is 3. The summed E-state index contributed by atoms with van der Waals surface area (Å²) in [5.41, 5.74) is 3.79. The molecule has 0 spiro atoms. The summed E-state index contributed by atoms with van der Waals surface area (Å²) in [6.45, 7) is 2.39. The normalized spacial score (nSPS) is 13.8. The van der Waals surface area contributed by atoms with Gasteiger partial charge in [0.1, 0.15) is 0 Å². The number of hydrogen-bond acceptors (Lipinski definition) is 5. The second kappa shape index (κ2) is 12.9. The molecule has 41 heavy (non-hydrogen) atoms. The van der Waals surface area contributed by atoms with Gasteiger partial charge in [-0.15, -0.1) is 11.8 Å². The van der Waals surface area contributed by atoms with Gasteiger partial charge in [-0.2, -0.15) is 18.3 Å². The molecule has 1 aliphatic heterocycles. The first kappa shape index (κ1) is 29.7. The average molecular weight is 585 g/mol. The zero-order valence-corrected chi connectivity index (χ0v) is 22.8. The number of anilines is 2. The van der Waals surface area contributed by atoms with E-state index in [4.69, 9.17) is 5.11 Å². The van der Waals surface area contributed by atoms with Gasteiger partial charge in [-0.3, -0.25) is 4.79 Å². The minimum atomic E-state index is -4.56. The van der Waals surface area contributed by atoms with Crippen LogP contribution in [-0.2, 0) is 17.4 Å². The lowest BCUT2D eigenvalue weighted by Crippen LogP contribution is -2.33. The smallest absolute Gasteiger partial charge is 0.416 e. The number of fused-ring (bicyclic) bond motifs is 1. The van der Waals surface area contributed by atoms with Gasteiger partial charge in [0.05, 0.1) is 16.8 Å². The lowest BCUT2D eigenvalue weighted by molar-refractivity contribution is -0.137. The van der Waals surface area contributed by atoms with Gasteiger partial charge in [0.2, 0.25) is 0 Å². The van der Waals surface area contributed by atoms with Crippen molar-refractivity contribution in [2.45, 2.75) is 37.3 Å². The Bertz CT molecular complexity index is 1480. The number of carbonyl (C=O) groups is 3. The van der Waals surface area contributed by atoms with Gasteiger partial charge in [-0.05, 0) is 79.1 Å². The maximum absolute atomic E-state index is 13.1. The number of nitrogens with zero attached hydrogens (tertiary/aromatic N) is 2. The summed E-state index contributed by atoms with van der Waals surface area (Å²) < 4.78 is 38.9. The third kappa shape index (κ3) is 7.46. The molecular formula is C29H27F3N4O4S. The van der Waals surface area contributed by atoms with E-state index in [0.29, 0.717) is 24.2 Å². The molecule has 8 nitrogen and oxygen atoms in total. The van der Waals surface area contributed by atoms with Crippen molar-refractivity contribution in [3.05, 3.63) is 89.0 Å². The number of alkyl halides is 3. The molecule has 12 heteroatoms. The first-order chi connectivity index (χ1) is 19.6. The molecule has 0 unspecified atom stereocenters. The van der Waals surface area contributed by atoms with Crippen LogP contribution in [-0.4, -0.2) is 41.0 Å². The SMILES string of the molecule is CCCN1C(=O)/C(=N/NC(=O)Nc2cccc(C(F)(F)F)c2)c2cc(SCCCc3ccc(C(=O)O)cc3)ccc21. The molecule has 0 atom stereocenters. The van der Waals surface area contributed by atoms with Crippen molar-refractivity contribution in [1.29, 1.82) is 0 Å². The van der Waals surface area contributed by atoms with Crippen molar-refractivity contribution in [3.8, 4) is 0 Å². The number of benzene rings is 3. The van der Waals surface area contributed by atoms with E-state index in [1.54, 1.807) is 40.9 Å². The Hall–Kier alpha value is -4.32. The number of urea groups is 1.